The third-order valence-electron chi connectivity index (χ3n) is 15.5. The largest absolute Gasteiger partial charge is 0.0949 e. The van der Waals surface area contributed by atoms with Crippen molar-refractivity contribution in [1.82, 2.24) is 0 Å². The highest BCUT2D eigenvalue weighted by molar-refractivity contribution is 6.08. The molecule has 0 aliphatic heterocycles. The van der Waals surface area contributed by atoms with Gasteiger partial charge in [-0.25, -0.2) is 0 Å². The van der Waals surface area contributed by atoms with E-state index in [1.54, 1.807) is 83.0 Å². The van der Waals surface area contributed by atoms with Gasteiger partial charge in [-0.2, -0.15) is 0 Å². The average Bonchev–Trinajstić information content (AvgIpc) is 3.73. The molecule has 6 unspecified atom stereocenters. The molecule has 0 heteroatoms. The van der Waals surface area contributed by atoms with Gasteiger partial charge < -0.3 is 0 Å². The zero-order valence-corrected chi connectivity index (χ0v) is 25.1. The third-order valence-corrected chi connectivity index (χ3v) is 15.5. The van der Waals surface area contributed by atoms with Gasteiger partial charge in [-0.1, -0.05) is 63.6 Å². The van der Waals surface area contributed by atoms with E-state index < -0.39 is 0 Å². The molecule has 1 spiro atoms. The SMILES string of the molecule is C=C1C2=C(CC)C34CC=C5CC6=Cc7cc8cc9c%10c%11c8c8c7=C6C6=C(CC)C(C3=C56)C2(C)C(C)(C1C%10=C(C=9)C4)C%11C8. The second-order valence-electron chi connectivity index (χ2n) is 16.1. The fourth-order valence-electron chi connectivity index (χ4n) is 14.5. The Morgan fingerprint density at radius 2 is 1.86 bits per heavy atom. The van der Waals surface area contributed by atoms with Gasteiger partial charge in [0.15, 0.2) is 0 Å². The first-order valence-electron chi connectivity index (χ1n) is 16.8. The summed E-state index contributed by atoms with van der Waals surface area (Å²) >= 11 is 0. The fraction of sp³-hybridized carbons (Fsp3) is 0.381. The molecule has 0 saturated heterocycles. The minimum atomic E-state index is 0.0607. The van der Waals surface area contributed by atoms with Crippen LogP contribution < -0.4 is 10.4 Å². The predicted molar refractivity (Wildman–Crippen MR) is 171 cm³/mol. The number of hydrogen-bond acceptors (Lipinski definition) is 0. The Morgan fingerprint density at radius 1 is 0.976 bits per heavy atom. The molecular formula is C42H34. The predicted octanol–water partition coefficient (Wildman–Crippen LogP) is 8.28. The fourth-order valence-corrected chi connectivity index (χ4v) is 14.5. The maximum Gasteiger partial charge on any atom is 0.0217 e. The second kappa shape index (κ2) is 5.63. The third kappa shape index (κ3) is 1.56. The molecule has 0 N–H and O–H groups in total. The lowest BCUT2D eigenvalue weighted by molar-refractivity contribution is 0.0324. The molecule has 42 heavy (non-hydrogen) atoms. The molecular weight excluding hydrogens is 504 g/mol. The van der Waals surface area contributed by atoms with Gasteiger partial charge in [0.25, 0.3) is 0 Å². The first-order chi connectivity index (χ1) is 20.4. The zero-order chi connectivity index (χ0) is 27.6. The molecule has 6 atom stereocenters. The summed E-state index contributed by atoms with van der Waals surface area (Å²) in [6.45, 7) is 15.7. The van der Waals surface area contributed by atoms with Gasteiger partial charge >= 0.3 is 0 Å². The van der Waals surface area contributed by atoms with E-state index in [2.05, 4.69) is 58.1 Å². The molecule has 0 amide bonds. The summed E-state index contributed by atoms with van der Waals surface area (Å²) in [5.41, 5.74) is 27.3. The molecule has 11 aliphatic carbocycles. The number of hydrogen-bond donors (Lipinski definition) is 0. The van der Waals surface area contributed by atoms with Gasteiger partial charge in [0, 0.05) is 22.7 Å². The van der Waals surface area contributed by atoms with Gasteiger partial charge in [-0.3, -0.25) is 0 Å². The molecule has 2 saturated carbocycles. The molecule has 11 aliphatic rings. The van der Waals surface area contributed by atoms with Crippen molar-refractivity contribution in [3.63, 3.8) is 0 Å². The van der Waals surface area contributed by atoms with Crippen LogP contribution in [0.15, 0.2) is 80.5 Å². The van der Waals surface area contributed by atoms with Crippen LogP contribution in [0.4, 0.5) is 0 Å². The Labute approximate surface area is 247 Å². The Balaban J connectivity index is 1.43. The molecule has 0 nitrogen and oxygen atoms in total. The van der Waals surface area contributed by atoms with Crippen molar-refractivity contribution in [1.29, 1.82) is 0 Å². The quantitative estimate of drug-likeness (QED) is 0.361. The molecule has 15 bridgehead atoms. The Morgan fingerprint density at radius 3 is 2.69 bits per heavy atom. The van der Waals surface area contributed by atoms with E-state index in [1.165, 1.54) is 41.0 Å². The van der Waals surface area contributed by atoms with Crippen LogP contribution in [0.5, 0.6) is 0 Å². The number of allylic oxidation sites excluding steroid dienone is 12. The van der Waals surface area contributed by atoms with Gasteiger partial charge in [0.2, 0.25) is 0 Å². The Hall–Kier alpha value is -3.38. The highest BCUT2D eigenvalue weighted by Crippen LogP contribution is 2.84. The Bertz CT molecular complexity index is 2370. The second-order valence-corrected chi connectivity index (χ2v) is 16.1. The van der Waals surface area contributed by atoms with E-state index in [4.69, 9.17) is 6.58 Å². The molecule has 202 valence electrons. The average molecular weight is 539 g/mol. The summed E-state index contributed by atoms with van der Waals surface area (Å²) in [5.74, 6) is 1.49. The molecule has 0 aromatic heterocycles. The summed E-state index contributed by atoms with van der Waals surface area (Å²) in [5, 5.41) is 6.32. The minimum Gasteiger partial charge on any atom is -0.0949 e. The topological polar surface area (TPSA) is 0 Å². The Kier molecular flexibility index (Phi) is 2.86. The molecule has 2 aromatic carbocycles. The van der Waals surface area contributed by atoms with Crippen LogP contribution in [0.2, 0.25) is 0 Å². The van der Waals surface area contributed by atoms with Crippen LogP contribution in [-0.4, -0.2) is 0 Å². The molecule has 2 aromatic rings. The van der Waals surface area contributed by atoms with Gasteiger partial charge in [0.05, 0.1) is 0 Å². The van der Waals surface area contributed by atoms with Crippen molar-refractivity contribution < 1.29 is 0 Å². The molecule has 13 rings (SSSR count). The van der Waals surface area contributed by atoms with E-state index in [1.807, 2.05) is 5.57 Å². The van der Waals surface area contributed by atoms with Crippen LogP contribution in [0.1, 0.15) is 88.0 Å². The highest BCUT2D eigenvalue weighted by atomic mass is 14.8. The lowest BCUT2D eigenvalue weighted by Gasteiger charge is -2.60. The summed E-state index contributed by atoms with van der Waals surface area (Å²) < 4.78 is 0. The zero-order valence-electron chi connectivity index (χ0n) is 25.1. The van der Waals surface area contributed by atoms with E-state index in [0.29, 0.717) is 17.8 Å². The maximum atomic E-state index is 5.18. The van der Waals surface area contributed by atoms with Crippen LogP contribution in [0.25, 0.3) is 34.1 Å². The van der Waals surface area contributed by atoms with Crippen molar-refractivity contribution in [2.45, 2.75) is 72.1 Å². The summed E-state index contributed by atoms with van der Waals surface area (Å²) in [4.78, 5) is 0. The maximum absolute atomic E-state index is 5.18. The van der Waals surface area contributed by atoms with E-state index in [0.717, 1.165) is 19.3 Å². The monoisotopic (exact) mass is 538 g/mol. The first-order valence-corrected chi connectivity index (χ1v) is 16.8. The molecule has 2 fully saturated rings. The highest BCUT2D eigenvalue weighted by Gasteiger charge is 2.75. The van der Waals surface area contributed by atoms with Gasteiger partial charge in [0.1, 0.15) is 0 Å². The van der Waals surface area contributed by atoms with Crippen molar-refractivity contribution in [2.75, 3.05) is 0 Å². The van der Waals surface area contributed by atoms with Gasteiger partial charge in [-0.05, 0) is 161 Å². The van der Waals surface area contributed by atoms with E-state index in [-0.39, 0.29) is 16.2 Å². The van der Waals surface area contributed by atoms with Crippen LogP contribution >= 0.6 is 0 Å². The van der Waals surface area contributed by atoms with Gasteiger partial charge in [-0.15, -0.1) is 0 Å². The van der Waals surface area contributed by atoms with Crippen molar-refractivity contribution in [3.8, 4) is 0 Å². The lowest BCUT2D eigenvalue weighted by Crippen LogP contribution is -2.53. The van der Waals surface area contributed by atoms with Crippen molar-refractivity contribution in [3.05, 3.63) is 113 Å². The molecule has 0 heterocycles. The van der Waals surface area contributed by atoms with E-state index >= 15 is 0 Å². The number of rotatable bonds is 2. The van der Waals surface area contributed by atoms with E-state index in [9.17, 15) is 0 Å². The normalized spacial score (nSPS) is 39.9. The summed E-state index contributed by atoms with van der Waals surface area (Å²) in [6.07, 6.45) is 15.0. The standard InChI is InChI=1S/C42H34/c1-6-24-34-30-21-10-18-8-9-42-16-23-14-22-13-20-11-19(12-21)28(30)25-15-27-35(29(20)25)31(22)33(23)37-17(3)36(26(42)7-2)41(5,40(27,37)4)38(24)39(42)32(18)34/h8,11-14,27,37-38H,3,6-7,9-10,15-16H2,1-2,4-5H3. The van der Waals surface area contributed by atoms with Crippen molar-refractivity contribution in [2.24, 2.45) is 28.1 Å². The van der Waals surface area contributed by atoms with Crippen molar-refractivity contribution >= 4 is 34.1 Å². The van der Waals surface area contributed by atoms with Crippen LogP contribution in [-0.2, 0) is 6.42 Å². The molecule has 0 radical (unpaired) electrons. The first kappa shape index (κ1) is 21.3. The summed E-state index contributed by atoms with van der Waals surface area (Å²) in [7, 11) is 0. The van der Waals surface area contributed by atoms with Crippen LogP contribution in [0.3, 0.4) is 0 Å². The summed E-state index contributed by atoms with van der Waals surface area (Å²) in [6, 6.07) is 5.21. The number of benzene rings is 2. The smallest absolute Gasteiger partial charge is 0.0217 e. The van der Waals surface area contributed by atoms with Crippen LogP contribution in [0, 0.1) is 28.1 Å². The minimum absolute atomic E-state index is 0.0607. The lowest BCUT2D eigenvalue weighted by atomic mass is 9.43.